The van der Waals surface area contributed by atoms with Gasteiger partial charge in [0.1, 0.15) is 0 Å². The van der Waals surface area contributed by atoms with E-state index in [-0.39, 0.29) is 25.3 Å². The number of hydrogen-bond donors (Lipinski definition) is 4. The van der Waals surface area contributed by atoms with E-state index in [0.29, 0.717) is 11.5 Å². The highest BCUT2D eigenvalue weighted by Gasteiger charge is 2.22. The molecule has 2 heterocycles. The van der Waals surface area contributed by atoms with Crippen molar-refractivity contribution in [3.63, 3.8) is 0 Å². The quantitative estimate of drug-likeness (QED) is 0.533. The SMILES string of the molecule is COc1cc2c(cc1OC)[C@H](CO)NCC2.COc1cc2c(cc1OC)[C@H](CO)NCC2. The molecule has 2 aromatic carbocycles. The number of aliphatic hydroxyl groups is 2. The molecule has 0 saturated heterocycles. The summed E-state index contributed by atoms with van der Waals surface area (Å²) in [6.07, 6.45) is 1.90. The maximum absolute atomic E-state index is 9.29. The summed E-state index contributed by atoms with van der Waals surface area (Å²) in [6.45, 7) is 1.96. The second-order valence-electron chi connectivity index (χ2n) is 7.69. The summed E-state index contributed by atoms with van der Waals surface area (Å²) in [5.41, 5.74) is 4.64. The van der Waals surface area contributed by atoms with Gasteiger partial charge in [-0.25, -0.2) is 0 Å². The number of fused-ring (bicyclic) bond motifs is 2. The Balaban J connectivity index is 0.000000181. The van der Waals surface area contributed by atoms with Crippen molar-refractivity contribution in [2.45, 2.75) is 24.9 Å². The molecule has 176 valence electrons. The topological polar surface area (TPSA) is 101 Å². The summed E-state index contributed by atoms with van der Waals surface area (Å²) in [4.78, 5) is 0. The number of ether oxygens (including phenoxy) is 4. The fourth-order valence-corrected chi connectivity index (χ4v) is 4.26. The van der Waals surface area contributed by atoms with Crippen LogP contribution in [-0.4, -0.2) is 65.0 Å². The number of rotatable bonds is 6. The Morgan fingerprint density at radius 2 is 1.00 bits per heavy atom. The largest absolute Gasteiger partial charge is 0.493 e. The van der Waals surface area contributed by atoms with E-state index in [1.165, 1.54) is 11.1 Å². The average molecular weight is 447 g/mol. The highest BCUT2D eigenvalue weighted by molar-refractivity contribution is 5.50. The van der Waals surface area contributed by atoms with E-state index < -0.39 is 0 Å². The summed E-state index contributed by atoms with van der Waals surface area (Å²) in [6, 6.07) is 7.89. The number of methoxy groups -OCH3 is 4. The molecule has 4 N–H and O–H groups in total. The first-order valence-electron chi connectivity index (χ1n) is 10.8. The standard InChI is InChI=1S/2C12H17NO3/c2*1-15-11-5-8-3-4-13-10(7-14)9(8)6-12(11)16-2/h2*5-6,10,13-14H,3-4,7H2,1-2H3/t2*10-/m00/s1. The summed E-state index contributed by atoms with van der Waals surface area (Å²) < 4.78 is 21.0. The van der Waals surface area contributed by atoms with Gasteiger partial charge in [0.25, 0.3) is 0 Å². The van der Waals surface area contributed by atoms with Crippen molar-refractivity contribution in [3.8, 4) is 23.0 Å². The van der Waals surface area contributed by atoms with E-state index >= 15 is 0 Å². The molecule has 2 aliphatic rings. The molecule has 0 aromatic heterocycles. The number of nitrogens with one attached hydrogen (secondary N) is 2. The maximum Gasteiger partial charge on any atom is 0.161 e. The average Bonchev–Trinajstić information content (AvgIpc) is 2.86. The van der Waals surface area contributed by atoms with Crippen LogP contribution in [0.4, 0.5) is 0 Å². The third-order valence-corrected chi connectivity index (χ3v) is 5.98. The van der Waals surface area contributed by atoms with Gasteiger partial charge >= 0.3 is 0 Å². The van der Waals surface area contributed by atoms with Crippen molar-refractivity contribution in [1.82, 2.24) is 10.6 Å². The minimum Gasteiger partial charge on any atom is -0.493 e. The Kier molecular flexibility index (Phi) is 8.58. The Hall–Kier alpha value is -2.52. The van der Waals surface area contributed by atoms with E-state index in [1.807, 2.05) is 24.3 Å². The molecule has 0 amide bonds. The third-order valence-electron chi connectivity index (χ3n) is 5.98. The van der Waals surface area contributed by atoms with Crippen LogP contribution in [0.1, 0.15) is 34.3 Å². The molecule has 32 heavy (non-hydrogen) atoms. The van der Waals surface area contributed by atoms with E-state index in [2.05, 4.69) is 10.6 Å². The zero-order valence-corrected chi connectivity index (χ0v) is 19.2. The second kappa shape index (κ2) is 11.4. The lowest BCUT2D eigenvalue weighted by molar-refractivity contribution is 0.239. The van der Waals surface area contributed by atoms with Gasteiger partial charge in [0.2, 0.25) is 0 Å². The fraction of sp³-hybridized carbons (Fsp3) is 0.500. The van der Waals surface area contributed by atoms with E-state index in [1.54, 1.807) is 28.4 Å². The molecular formula is C24H34N2O6. The van der Waals surface area contributed by atoms with Crippen molar-refractivity contribution >= 4 is 0 Å². The van der Waals surface area contributed by atoms with Gasteiger partial charge in [0.15, 0.2) is 23.0 Å². The lowest BCUT2D eigenvalue weighted by atomic mass is 9.94. The van der Waals surface area contributed by atoms with Crippen molar-refractivity contribution in [3.05, 3.63) is 46.5 Å². The Bertz CT molecular complexity index is 831. The highest BCUT2D eigenvalue weighted by atomic mass is 16.5. The molecule has 0 fully saturated rings. The molecule has 0 unspecified atom stereocenters. The highest BCUT2D eigenvalue weighted by Crippen LogP contribution is 2.36. The first kappa shape index (κ1) is 24.1. The molecule has 4 rings (SSSR count). The van der Waals surface area contributed by atoms with Crippen LogP contribution in [-0.2, 0) is 12.8 Å². The predicted molar refractivity (Wildman–Crippen MR) is 122 cm³/mol. The van der Waals surface area contributed by atoms with Crippen LogP contribution in [0.2, 0.25) is 0 Å². The lowest BCUT2D eigenvalue weighted by Crippen LogP contribution is -2.32. The van der Waals surface area contributed by atoms with Crippen molar-refractivity contribution in [2.75, 3.05) is 54.7 Å². The van der Waals surface area contributed by atoms with Crippen LogP contribution in [0.15, 0.2) is 24.3 Å². The first-order chi connectivity index (χ1) is 15.6. The molecule has 0 aliphatic carbocycles. The Labute approximate surface area is 189 Å². The Morgan fingerprint density at radius 1 is 0.656 bits per heavy atom. The van der Waals surface area contributed by atoms with Crippen LogP contribution in [0.3, 0.4) is 0 Å². The van der Waals surface area contributed by atoms with E-state index in [4.69, 9.17) is 18.9 Å². The lowest BCUT2D eigenvalue weighted by Gasteiger charge is -2.26. The zero-order chi connectivity index (χ0) is 23.1. The van der Waals surface area contributed by atoms with Gasteiger partial charge < -0.3 is 39.8 Å². The smallest absolute Gasteiger partial charge is 0.161 e. The van der Waals surface area contributed by atoms with Gasteiger partial charge in [0, 0.05) is 0 Å². The molecule has 0 bridgehead atoms. The molecule has 0 radical (unpaired) electrons. The molecule has 8 nitrogen and oxygen atoms in total. The van der Waals surface area contributed by atoms with E-state index in [0.717, 1.165) is 48.6 Å². The van der Waals surface area contributed by atoms with Crippen LogP contribution in [0, 0.1) is 0 Å². The van der Waals surface area contributed by atoms with Crippen molar-refractivity contribution < 1.29 is 29.2 Å². The Morgan fingerprint density at radius 3 is 1.31 bits per heavy atom. The first-order valence-corrected chi connectivity index (χ1v) is 10.8. The van der Waals surface area contributed by atoms with Crippen LogP contribution < -0.4 is 29.6 Å². The minimum atomic E-state index is 0.00329. The third kappa shape index (κ3) is 5.10. The second-order valence-corrected chi connectivity index (χ2v) is 7.69. The maximum atomic E-state index is 9.29. The summed E-state index contributed by atoms with van der Waals surface area (Å²) in [5.74, 6) is 2.92. The summed E-state index contributed by atoms with van der Waals surface area (Å²) >= 11 is 0. The number of benzene rings is 2. The van der Waals surface area contributed by atoms with Crippen molar-refractivity contribution in [1.29, 1.82) is 0 Å². The molecule has 0 spiro atoms. The fourth-order valence-electron chi connectivity index (χ4n) is 4.26. The summed E-state index contributed by atoms with van der Waals surface area (Å²) in [7, 11) is 6.51. The van der Waals surface area contributed by atoms with Crippen LogP contribution >= 0.6 is 0 Å². The van der Waals surface area contributed by atoms with Gasteiger partial charge in [-0.15, -0.1) is 0 Å². The van der Waals surface area contributed by atoms with Gasteiger partial charge in [-0.2, -0.15) is 0 Å². The molecule has 2 aliphatic heterocycles. The zero-order valence-electron chi connectivity index (χ0n) is 19.2. The molecule has 0 saturated carbocycles. The minimum absolute atomic E-state index is 0.00329. The molecule has 8 heteroatoms. The molecular weight excluding hydrogens is 412 g/mol. The van der Waals surface area contributed by atoms with E-state index in [9.17, 15) is 10.2 Å². The van der Waals surface area contributed by atoms with Crippen LogP contribution in [0.25, 0.3) is 0 Å². The summed E-state index contributed by atoms with van der Waals surface area (Å²) in [5, 5.41) is 25.1. The van der Waals surface area contributed by atoms with Gasteiger partial charge in [-0.1, -0.05) is 0 Å². The molecule has 2 atom stereocenters. The monoisotopic (exact) mass is 446 g/mol. The van der Waals surface area contributed by atoms with Crippen LogP contribution in [0.5, 0.6) is 23.0 Å². The number of hydrogen-bond acceptors (Lipinski definition) is 8. The molecule has 2 aromatic rings. The normalized spacial score (nSPS) is 19.1. The predicted octanol–water partition coefficient (Wildman–Crippen LogP) is 1.77. The number of aliphatic hydroxyl groups excluding tert-OH is 2. The van der Waals surface area contributed by atoms with Crippen molar-refractivity contribution in [2.24, 2.45) is 0 Å². The van der Waals surface area contributed by atoms with Gasteiger partial charge in [0.05, 0.1) is 53.7 Å². The van der Waals surface area contributed by atoms with Gasteiger partial charge in [-0.3, -0.25) is 0 Å². The van der Waals surface area contributed by atoms with Gasteiger partial charge in [-0.05, 0) is 72.5 Å².